The van der Waals surface area contributed by atoms with Gasteiger partial charge in [0, 0.05) is 46.3 Å². The highest BCUT2D eigenvalue weighted by Gasteiger charge is 2.17. The number of aliphatic imine (C=N–C) groups is 1. The van der Waals surface area contributed by atoms with Crippen molar-refractivity contribution in [3.8, 4) is 0 Å². The molecule has 8 heteroatoms. The van der Waals surface area contributed by atoms with Crippen molar-refractivity contribution in [2.45, 2.75) is 57.5 Å². The highest BCUT2D eigenvalue weighted by Crippen LogP contribution is 2.25. The number of nitrogens with one attached hydrogen (secondary N) is 3. The Morgan fingerprint density at radius 2 is 1.81 bits per heavy atom. The van der Waals surface area contributed by atoms with Gasteiger partial charge in [-0.25, -0.2) is 0 Å². The van der Waals surface area contributed by atoms with Crippen LogP contribution in [0, 0.1) is 5.92 Å². The average molecular weight is 496 g/mol. The number of carbonyl (C=O) groups is 1. The Morgan fingerprint density at radius 1 is 1.07 bits per heavy atom. The van der Waals surface area contributed by atoms with Gasteiger partial charge < -0.3 is 25.4 Å². The van der Waals surface area contributed by atoms with Gasteiger partial charge >= 0.3 is 0 Å². The first-order valence-corrected chi connectivity index (χ1v) is 10.2. The van der Waals surface area contributed by atoms with E-state index in [1.54, 1.807) is 7.05 Å². The molecular formula is C19H37IN4O3. The molecule has 158 valence electrons. The lowest BCUT2D eigenvalue weighted by Gasteiger charge is -2.20. The molecule has 1 amide bonds. The maximum absolute atomic E-state index is 12.0. The Bertz CT molecular complexity index is 425. The quantitative estimate of drug-likeness (QED) is 0.187. The van der Waals surface area contributed by atoms with Crippen LogP contribution in [0.1, 0.15) is 51.4 Å². The van der Waals surface area contributed by atoms with E-state index in [4.69, 9.17) is 9.47 Å². The van der Waals surface area contributed by atoms with Crippen LogP contribution < -0.4 is 16.0 Å². The Kier molecular flexibility index (Phi) is 13.9. The first kappa shape index (κ1) is 24.4. The van der Waals surface area contributed by atoms with Crippen molar-refractivity contribution < 1.29 is 14.3 Å². The van der Waals surface area contributed by atoms with E-state index >= 15 is 0 Å². The van der Waals surface area contributed by atoms with Crippen molar-refractivity contribution in [2.75, 3.05) is 46.5 Å². The molecule has 27 heavy (non-hydrogen) atoms. The van der Waals surface area contributed by atoms with Crippen LogP contribution in [-0.2, 0) is 14.3 Å². The fourth-order valence-electron chi connectivity index (χ4n) is 3.50. The Hall–Kier alpha value is -0.610. The van der Waals surface area contributed by atoms with Crippen LogP contribution in [0.2, 0.25) is 0 Å². The van der Waals surface area contributed by atoms with Gasteiger partial charge in [0.2, 0.25) is 5.91 Å². The Labute approximate surface area is 180 Å². The van der Waals surface area contributed by atoms with Crippen molar-refractivity contribution in [1.82, 2.24) is 16.0 Å². The van der Waals surface area contributed by atoms with Crippen LogP contribution in [-0.4, -0.2) is 64.5 Å². The van der Waals surface area contributed by atoms with E-state index in [9.17, 15) is 4.79 Å². The first-order valence-electron chi connectivity index (χ1n) is 10.2. The largest absolute Gasteiger partial charge is 0.379 e. The lowest BCUT2D eigenvalue weighted by atomic mass is 9.87. The van der Waals surface area contributed by atoms with E-state index in [2.05, 4.69) is 20.9 Å². The maximum atomic E-state index is 12.0. The van der Waals surface area contributed by atoms with Crippen molar-refractivity contribution in [3.05, 3.63) is 0 Å². The minimum absolute atomic E-state index is 0. The summed E-state index contributed by atoms with van der Waals surface area (Å²) < 4.78 is 11.0. The summed E-state index contributed by atoms with van der Waals surface area (Å²) in [5, 5.41) is 9.49. The van der Waals surface area contributed by atoms with Gasteiger partial charge in [-0.15, -0.1) is 24.0 Å². The number of hydrogen-bond donors (Lipinski definition) is 3. The number of ether oxygens (including phenoxy) is 2. The predicted octanol–water partition coefficient (Wildman–Crippen LogP) is 2.05. The molecule has 1 aliphatic carbocycles. The molecule has 1 heterocycles. The maximum Gasteiger partial charge on any atom is 0.220 e. The molecule has 0 aromatic carbocycles. The smallest absolute Gasteiger partial charge is 0.220 e. The number of amides is 1. The molecule has 2 aliphatic rings. The van der Waals surface area contributed by atoms with Crippen LogP contribution in [0.3, 0.4) is 0 Å². The van der Waals surface area contributed by atoms with Crippen molar-refractivity contribution >= 4 is 35.8 Å². The zero-order valence-electron chi connectivity index (χ0n) is 16.6. The molecule has 2 fully saturated rings. The molecule has 0 bridgehead atoms. The van der Waals surface area contributed by atoms with Crippen LogP contribution in [0.5, 0.6) is 0 Å². The number of nitrogens with zero attached hydrogens (tertiary/aromatic N) is 1. The van der Waals surface area contributed by atoms with E-state index in [0.29, 0.717) is 25.4 Å². The SMILES string of the molecule is CN=C(NCCCOC1CCOC1)NCCNC(=O)CC1CCCCC1.I. The number of carbonyl (C=O) groups excluding carboxylic acids is 1. The highest BCUT2D eigenvalue weighted by atomic mass is 127. The third kappa shape index (κ3) is 11.1. The highest BCUT2D eigenvalue weighted by molar-refractivity contribution is 14.0. The predicted molar refractivity (Wildman–Crippen MR) is 119 cm³/mol. The molecule has 0 radical (unpaired) electrons. The molecule has 1 unspecified atom stereocenters. The lowest BCUT2D eigenvalue weighted by molar-refractivity contribution is -0.122. The number of rotatable bonds is 10. The van der Waals surface area contributed by atoms with Crippen LogP contribution in [0.25, 0.3) is 0 Å². The third-order valence-corrected chi connectivity index (χ3v) is 5.02. The molecule has 3 N–H and O–H groups in total. The fraction of sp³-hybridized carbons (Fsp3) is 0.895. The average Bonchev–Trinajstić information content (AvgIpc) is 3.17. The summed E-state index contributed by atoms with van der Waals surface area (Å²) in [6, 6.07) is 0. The van der Waals surface area contributed by atoms with Gasteiger partial charge in [0.15, 0.2) is 5.96 Å². The molecule has 7 nitrogen and oxygen atoms in total. The van der Waals surface area contributed by atoms with Crippen molar-refractivity contribution in [3.63, 3.8) is 0 Å². The zero-order valence-corrected chi connectivity index (χ0v) is 19.0. The Morgan fingerprint density at radius 3 is 2.52 bits per heavy atom. The summed E-state index contributed by atoms with van der Waals surface area (Å²) in [6.45, 7) is 4.37. The lowest BCUT2D eigenvalue weighted by Crippen LogP contribution is -2.42. The van der Waals surface area contributed by atoms with E-state index in [1.807, 2.05) is 0 Å². The molecule has 2 rings (SSSR count). The van der Waals surface area contributed by atoms with Gasteiger partial charge in [-0.3, -0.25) is 9.79 Å². The minimum atomic E-state index is 0. The van der Waals surface area contributed by atoms with Gasteiger partial charge in [0.05, 0.1) is 12.7 Å². The van der Waals surface area contributed by atoms with Gasteiger partial charge in [-0.2, -0.15) is 0 Å². The number of halogens is 1. The summed E-state index contributed by atoms with van der Waals surface area (Å²) in [7, 11) is 1.75. The van der Waals surface area contributed by atoms with E-state index in [0.717, 1.165) is 45.2 Å². The van der Waals surface area contributed by atoms with Gasteiger partial charge in [-0.05, 0) is 31.6 Å². The van der Waals surface area contributed by atoms with Crippen molar-refractivity contribution in [1.29, 1.82) is 0 Å². The minimum Gasteiger partial charge on any atom is -0.379 e. The molecule has 1 saturated heterocycles. The fourth-order valence-corrected chi connectivity index (χ4v) is 3.50. The second-order valence-corrected chi connectivity index (χ2v) is 7.19. The molecule has 1 saturated carbocycles. The normalized spacial score (nSPS) is 20.8. The Balaban J connectivity index is 0.00000364. The summed E-state index contributed by atoms with van der Waals surface area (Å²) >= 11 is 0. The monoisotopic (exact) mass is 496 g/mol. The first-order chi connectivity index (χ1) is 12.8. The third-order valence-electron chi connectivity index (χ3n) is 5.02. The van der Waals surface area contributed by atoms with Gasteiger partial charge in [0.25, 0.3) is 0 Å². The molecule has 0 aromatic heterocycles. The second kappa shape index (κ2) is 15.3. The number of guanidine groups is 1. The van der Waals surface area contributed by atoms with Crippen LogP contribution in [0.15, 0.2) is 4.99 Å². The summed E-state index contributed by atoms with van der Waals surface area (Å²) in [4.78, 5) is 16.2. The molecular weight excluding hydrogens is 459 g/mol. The molecule has 1 aliphatic heterocycles. The molecule has 0 spiro atoms. The van der Waals surface area contributed by atoms with Gasteiger partial charge in [0.1, 0.15) is 0 Å². The van der Waals surface area contributed by atoms with Crippen LogP contribution in [0.4, 0.5) is 0 Å². The zero-order chi connectivity index (χ0) is 18.5. The second-order valence-electron chi connectivity index (χ2n) is 7.19. The van der Waals surface area contributed by atoms with Gasteiger partial charge in [-0.1, -0.05) is 19.3 Å². The summed E-state index contributed by atoms with van der Waals surface area (Å²) in [5.74, 6) is 1.52. The van der Waals surface area contributed by atoms with E-state index in [1.165, 1.54) is 32.1 Å². The standard InChI is InChI=1S/C19H36N4O3.HI/c1-20-19(22-9-5-12-26-17-8-13-25-15-17)23-11-10-21-18(24)14-16-6-3-2-4-7-16;/h16-17H,2-15H2,1H3,(H,21,24)(H2,20,22,23);1H. The van der Waals surface area contributed by atoms with E-state index < -0.39 is 0 Å². The summed E-state index contributed by atoms with van der Waals surface area (Å²) in [6.07, 6.45) is 9.18. The number of hydrogen-bond acceptors (Lipinski definition) is 4. The molecule has 0 aromatic rings. The van der Waals surface area contributed by atoms with Crippen molar-refractivity contribution in [2.24, 2.45) is 10.9 Å². The topological polar surface area (TPSA) is 84.0 Å². The molecule has 1 atom stereocenters. The summed E-state index contributed by atoms with van der Waals surface area (Å²) in [5.41, 5.74) is 0. The van der Waals surface area contributed by atoms with E-state index in [-0.39, 0.29) is 36.0 Å². The van der Waals surface area contributed by atoms with Crippen LogP contribution >= 0.6 is 24.0 Å².